The van der Waals surface area contributed by atoms with Gasteiger partial charge in [-0.3, -0.25) is 0 Å². The Kier molecular flexibility index (Phi) is 5.76. The molecule has 5 heteroatoms. The maximum Gasteiger partial charge on any atom is 0.408 e. The van der Waals surface area contributed by atoms with Gasteiger partial charge in [0.25, 0.3) is 0 Å². The number of benzene rings is 1. The van der Waals surface area contributed by atoms with Crippen LogP contribution in [-0.4, -0.2) is 29.8 Å². The van der Waals surface area contributed by atoms with E-state index in [9.17, 15) is 9.59 Å². The smallest absolute Gasteiger partial charge is 0.408 e. The summed E-state index contributed by atoms with van der Waals surface area (Å²) in [5, 5.41) is 2.82. The van der Waals surface area contributed by atoms with Crippen molar-refractivity contribution in [3.63, 3.8) is 0 Å². The summed E-state index contributed by atoms with van der Waals surface area (Å²) < 4.78 is 10.9. The van der Waals surface area contributed by atoms with Crippen LogP contribution in [0.5, 0.6) is 0 Å². The lowest BCUT2D eigenvalue weighted by Gasteiger charge is -2.38. The molecule has 0 fully saturated rings. The van der Waals surface area contributed by atoms with Crippen LogP contribution in [-0.2, 0) is 27.1 Å². The molecule has 0 bridgehead atoms. The number of esters is 1. The van der Waals surface area contributed by atoms with Crippen molar-refractivity contribution in [3.8, 4) is 0 Å². The molecule has 0 aliphatic heterocycles. The molecule has 1 unspecified atom stereocenters. The van der Waals surface area contributed by atoms with Gasteiger partial charge in [-0.2, -0.15) is 0 Å². The molecular weight excluding hydrogens is 318 g/mol. The molecule has 0 spiro atoms. The van der Waals surface area contributed by atoms with Gasteiger partial charge in [0.2, 0.25) is 0 Å². The molecule has 0 radical (unpaired) electrons. The second-order valence-corrected chi connectivity index (χ2v) is 8.15. The van der Waals surface area contributed by atoms with E-state index in [0.29, 0.717) is 25.9 Å². The zero-order valence-electron chi connectivity index (χ0n) is 15.8. The highest BCUT2D eigenvalue weighted by Gasteiger charge is 2.45. The van der Waals surface area contributed by atoms with Crippen molar-refractivity contribution >= 4 is 12.1 Å². The number of hydrogen-bond donors (Lipinski definition) is 1. The van der Waals surface area contributed by atoms with Crippen LogP contribution in [0.25, 0.3) is 0 Å². The Morgan fingerprint density at radius 2 is 1.84 bits per heavy atom. The number of hydrogen-bond acceptors (Lipinski definition) is 4. The Morgan fingerprint density at radius 1 is 1.20 bits per heavy atom. The minimum atomic E-state index is -1.09. The van der Waals surface area contributed by atoms with Gasteiger partial charge in [-0.1, -0.05) is 38.1 Å². The molecule has 1 aliphatic carbocycles. The average molecular weight is 347 g/mol. The molecule has 1 amide bonds. The number of aryl methyl sites for hydroxylation is 1. The molecule has 1 aromatic rings. The van der Waals surface area contributed by atoms with E-state index < -0.39 is 23.2 Å². The second kappa shape index (κ2) is 7.46. The Hall–Kier alpha value is -2.04. The van der Waals surface area contributed by atoms with Crippen molar-refractivity contribution in [1.29, 1.82) is 0 Å². The molecule has 0 saturated carbocycles. The third-order valence-corrected chi connectivity index (χ3v) is 4.11. The van der Waals surface area contributed by atoms with Gasteiger partial charge >= 0.3 is 12.1 Å². The zero-order chi connectivity index (χ0) is 18.7. The fraction of sp³-hybridized carbons (Fsp3) is 0.600. The summed E-state index contributed by atoms with van der Waals surface area (Å²) >= 11 is 0. The monoisotopic (exact) mass is 347 g/mol. The first kappa shape index (κ1) is 19.3. The van der Waals surface area contributed by atoms with Gasteiger partial charge in [0.1, 0.15) is 11.1 Å². The Bertz CT molecular complexity index is 633. The summed E-state index contributed by atoms with van der Waals surface area (Å²) in [5.41, 5.74) is 0.558. The quantitative estimate of drug-likeness (QED) is 0.845. The molecule has 5 nitrogen and oxygen atoms in total. The van der Waals surface area contributed by atoms with Gasteiger partial charge < -0.3 is 14.8 Å². The molecule has 1 atom stereocenters. The molecule has 0 heterocycles. The zero-order valence-corrected chi connectivity index (χ0v) is 15.8. The summed E-state index contributed by atoms with van der Waals surface area (Å²) in [5.74, 6) is -0.175. The van der Waals surface area contributed by atoms with Gasteiger partial charge in [0.05, 0.1) is 6.61 Å². The average Bonchev–Trinajstić information content (AvgIpc) is 2.51. The molecule has 1 aliphatic rings. The van der Waals surface area contributed by atoms with E-state index in [4.69, 9.17) is 9.47 Å². The Balaban J connectivity index is 2.23. The van der Waals surface area contributed by atoms with Crippen molar-refractivity contribution in [2.45, 2.75) is 65.0 Å². The Labute approximate surface area is 150 Å². The number of carbonyl (C=O) groups is 2. The fourth-order valence-corrected chi connectivity index (χ4v) is 2.92. The van der Waals surface area contributed by atoms with E-state index in [2.05, 4.69) is 11.4 Å². The fourth-order valence-electron chi connectivity index (χ4n) is 2.92. The highest BCUT2D eigenvalue weighted by Crippen LogP contribution is 2.31. The van der Waals surface area contributed by atoms with Crippen LogP contribution in [0.4, 0.5) is 4.79 Å². The molecule has 138 valence electrons. The van der Waals surface area contributed by atoms with Gasteiger partial charge in [0.15, 0.2) is 0 Å². The van der Waals surface area contributed by atoms with Crippen LogP contribution in [0.1, 0.15) is 52.2 Å². The number of amides is 1. The first-order valence-electron chi connectivity index (χ1n) is 8.86. The van der Waals surface area contributed by atoms with E-state index in [1.807, 2.05) is 52.8 Å². The van der Waals surface area contributed by atoms with E-state index in [0.717, 1.165) is 5.56 Å². The van der Waals surface area contributed by atoms with E-state index >= 15 is 0 Å². The van der Waals surface area contributed by atoms with Gasteiger partial charge in [-0.15, -0.1) is 0 Å². The maximum absolute atomic E-state index is 12.9. The predicted octanol–water partition coefficient (Wildman–Crippen LogP) is 3.64. The lowest BCUT2D eigenvalue weighted by Crippen LogP contribution is -2.59. The molecular formula is C20H29NO4. The van der Waals surface area contributed by atoms with Gasteiger partial charge in [0, 0.05) is 6.42 Å². The number of fused-ring (bicyclic) bond motifs is 1. The summed E-state index contributed by atoms with van der Waals surface area (Å²) in [6.45, 7) is 9.72. The van der Waals surface area contributed by atoms with E-state index in [-0.39, 0.29) is 5.92 Å². The lowest BCUT2D eigenvalue weighted by molar-refractivity contribution is -0.163. The lowest BCUT2D eigenvalue weighted by atomic mass is 9.78. The van der Waals surface area contributed by atoms with E-state index in [1.54, 1.807) is 0 Å². The number of carbonyl (C=O) groups excluding carboxylic acids is 2. The van der Waals surface area contributed by atoms with Crippen molar-refractivity contribution in [2.24, 2.45) is 5.92 Å². The second-order valence-electron chi connectivity index (χ2n) is 8.15. The highest BCUT2D eigenvalue weighted by atomic mass is 16.6. The summed E-state index contributed by atoms with van der Waals surface area (Å²) in [4.78, 5) is 25.2. The van der Waals surface area contributed by atoms with Crippen LogP contribution >= 0.6 is 0 Å². The summed E-state index contributed by atoms with van der Waals surface area (Å²) in [7, 11) is 0. The van der Waals surface area contributed by atoms with Crippen molar-refractivity contribution in [3.05, 3.63) is 35.4 Å². The highest BCUT2D eigenvalue weighted by molar-refractivity contribution is 5.87. The normalized spacial score (nSPS) is 19.9. The van der Waals surface area contributed by atoms with E-state index in [1.165, 1.54) is 5.56 Å². The summed E-state index contributed by atoms with van der Waals surface area (Å²) in [6.07, 6.45) is 1.05. The van der Waals surface area contributed by atoms with Crippen molar-refractivity contribution < 1.29 is 19.1 Å². The first-order valence-corrected chi connectivity index (χ1v) is 8.86. The molecule has 0 saturated heterocycles. The molecule has 25 heavy (non-hydrogen) atoms. The maximum atomic E-state index is 12.9. The van der Waals surface area contributed by atoms with Gasteiger partial charge in [-0.05, 0) is 50.7 Å². The Morgan fingerprint density at radius 3 is 2.44 bits per heavy atom. The number of ether oxygens (including phenoxy) is 2. The molecule has 1 aromatic carbocycles. The number of rotatable bonds is 4. The van der Waals surface area contributed by atoms with Crippen molar-refractivity contribution in [1.82, 2.24) is 5.32 Å². The minimum Gasteiger partial charge on any atom is -0.458 e. The number of nitrogens with one attached hydrogen (secondary N) is 1. The standard InChI is InChI=1S/C20H29NO4/c1-14(2)13-24-18(23)21-20(17(22)25-19(3,4)5)11-10-15-8-6-7-9-16(15)12-20/h6-9,14H,10-13H2,1-5H3,(H,21,23). The molecule has 1 N–H and O–H groups in total. The largest absolute Gasteiger partial charge is 0.458 e. The van der Waals surface area contributed by atoms with Crippen LogP contribution in [0.2, 0.25) is 0 Å². The first-order chi connectivity index (χ1) is 11.6. The third-order valence-electron chi connectivity index (χ3n) is 4.11. The summed E-state index contributed by atoms with van der Waals surface area (Å²) in [6, 6.07) is 7.99. The van der Waals surface area contributed by atoms with Crippen LogP contribution in [0, 0.1) is 5.92 Å². The predicted molar refractivity (Wildman–Crippen MR) is 96.4 cm³/mol. The van der Waals surface area contributed by atoms with Crippen LogP contribution < -0.4 is 5.32 Å². The molecule has 0 aromatic heterocycles. The topological polar surface area (TPSA) is 64.6 Å². The van der Waals surface area contributed by atoms with Crippen LogP contribution in [0.3, 0.4) is 0 Å². The van der Waals surface area contributed by atoms with Crippen LogP contribution in [0.15, 0.2) is 24.3 Å². The van der Waals surface area contributed by atoms with Crippen molar-refractivity contribution in [2.75, 3.05) is 6.61 Å². The molecule has 2 rings (SSSR count). The minimum absolute atomic E-state index is 0.232. The third kappa shape index (κ3) is 5.21. The van der Waals surface area contributed by atoms with Gasteiger partial charge in [-0.25, -0.2) is 9.59 Å². The number of alkyl carbamates (subject to hydrolysis) is 1. The SMILES string of the molecule is CC(C)COC(=O)NC1(C(=O)OC(C)(C)C)CCc2ccccc2C1.